The number of piperidine rings is 1. The molecule has 4 rings (SSSR count). The lowest BCUT2D eigenvalue weighted by molar-refractivity contribution is -0.121. The summed E-state index contributed by atoms with van der Waals surface area (Å²) in [6, 6.07) is 9.99. The van der Waals surface area contributed by atoms with Crippen LogP contribution in [0.15, 0.2) is 24.3 Å². The number of fused-ring (bicyclic) bond motifs is 1. The Balaban J connectivity index is 1.69. The van der Waals surface area contributed by atoms with Crippen LogP contribution < -0.4 is 10.6 Å². The van der Waals surface area contributed by atoms with E-state index in [2.05, 4.69) is 54.8 Å². The number of nitrogens with zero attached hydrogens (tertiary/aromatic N) is 2. The van der Waals surface area contributed by atoms with E-state index in [0.29, 0.717) is 42.3 Å². The van der Waals surface area contributed by atoms with Crippen LogP contribution >= 0.6 is 0 Å². The second-order valence-corrected chi connectivity index (χ2v) is 10.2. The molecule has 1 amide bonds. The number of carbonyl (C=O) groups excluding carboxylic acids is 1. The first-order valence-corrected chi connectivity index (χ1v) is 12.4. The first-order valence-electron chi connectivity index (χ1n) is 12.4. The molecular weight excluding hydrogens is 370 g/mol. The standard InChI is InChI=1S/C26H41N3O/c1-4-20(22-12-14-23(27)16-22)17-25(28-18(2)8-7-9-19(28)3)29-24-11-6-5-10-21(24)13-15-26(29)30/h5-6,10-11,18-20,22-23,25H,4,7-9,12-17,27H2,1-3H3/t18-,19+,20?,22?,23?,25?. The van der Waals surface area contributed by atoms with Gasteiger partial charge in [-0.15, -0.1) is 0 Å². The quantitative estimate of drug-likeness (QED) is 0.708. The maximum absolute atomic E-state index is 13.4. The van der Waals surface area contributed by atoms with E-state index in [1.165, 1.54) is 37.7 Å². The van der Waals surface area contributed by atoms with Crippen LogP contribution in [0.3, 0.4) is 0 Å². The number of amides is 1. The van der Waals surface area contributed by atoms with E-state index in [1.807, 2.05) is 0 Å². The predicted molar refractivity (Wildman–Crippen MR) is 124 cm³/mol. The molecule has 0 spiro atoms. The van der Waals surface area contributed by atoms with Crippen molar-refractivity contribution in [2.75, 3.05) is 4.90 Å². The van der Waals surface area contributed by atoms with Gasteiger partial charge in [0.05, 0.1) is 6.17 Å². The maximum atomic E-state index is 13.4. The molecule has 2 fully saturated rings. The number of likely N-dealkylation sites (tertiary alicyclic amines) is 1. The highest BCUT2D eigenvalue weighted by molar-refractivity contribution is 5.96. The van der Waals surface area contributed by atoms with Gasteiger partial charge in [0.15, 0.2) is 0 Å². The number of hydrogen-bond donors (Lipinski definition) is 1. The van der Waals surface area contributed by atoms with Gasteiger partial charge in [-0.05, 0) is 82.3 Å². The number of benzene rings is 1. The predicted octanol–water partition coefficient (Wildman–Crippen LogP) is 5.10. The molecule has 1 saturated heterocycles. The van der Waals surface area contributed by atoms with Crippen molar-refractivity contribution < 1.29 is 4.79 Å². The Morgan fingerprint density at radius 1 is 1.07 bits per heavy atom. The molecule has 166 valence electrons. The van der Waals surface area contributed by atoms with E-state index in [-0.39, 0.29) is 6.17 Å². The van der Waals surface area contributed by atoms with Gasteiger partial charge in [-0.2, -0.15) is 0 Å². The topological polar surface area (TPSA) is 49.6 Å². The molecule has 0 aromatic heterocycles. The molecule has 1 aromatic carbocycles. The Morgan fingerprint density at radius 2 is 1.80 bits per heavy atom. The first-order chi connectivity index (χ1) is 14.5. The number of rotatable bonds is 6. The lowest BCUT2D eigenvalue weighted by Crippen LogP contribution is -2.60. The van der Waals surface area contributed by atoms with Gasteiger partial charge in [-0.3, -0.25) is 14.6 Å². The third-order valence-corrected chi connectivity index (χ3v) is 8.25. The molecule has 4 unspecified atom stereocenters. The Kier molecular flexibility index (Phi) is 6.84. The zero-order chi connectivity index (χ0) is 21.3. The van der Waals surface area contributed by atoms with Crippen LogP contribution in [0, 0.1) is 11.8 Å². The Hall–Kier alpha value is -1.39. The highest BCUT2D eigenvalue weighted by Gasteiger charge is 2.41. The summed E-state index contributed by atoms with van der Waals surface area (Å²) in [5, 5.41) is 0. The van der Waals surface area contributed by atoms with E-state index >= 15 is 0 Å². The van der Waals surface area contributed by atoms with Crippen LogP contribution in [-0.2, 0) is 11.2 Å². The molecule has 0 bridgehead atoms. The second kappa shape index (κ2) is 9.40. The monoisotopic (exact) mass is 411 g/mol. The van der Waals surface area contributed by atoms with Gasteiger partial charge in [0.2, 0.25) is 5.91 Å². The van der Waals surface area contributed by atoms with Crippen molar-refractivity contribution in [2.24, 2.45) is 17.6 Å². The summed E-state index contributed by atoms with van der Waals surface area (Å²) in [6.07, 6.45) is 11.2. The van der Waals surface area contributed by atoms with Crippen molar-refractivity contribution in [1.82, 2.24) is 4.90 Å². The molecule has 1 saturated carbocycles. The van der Waals surface area contributed by atoms with Crippen LogP contribution in [0.2, 0.25) is 0 Å². The maximum Gasteiger partial charge on any atom is 0.228 e. The summed E-state index contributed by atoms with van der Waals surface area (Å²) in [4.78, 5) is 18.3. The van der Waals surface area contributed by atoms with E-state index in [1.54, 1.807) is 0 Å². The number of hydrogen-bond acceptors (Lipinski definition) is 3. The smallest absolute Gasteiger partial charge is 0.228 e. The lowest BCUT2D eigenvalue weighted by atomic mass is 9.83. The molecule has 2 aliphatic heterocycles. The highest BCUT2D eigenvalue weighted by atomic mass is 16.2. The van der Waals surface area contributed by atoms with Crippen LogP contribution in [0.4, 0.5) is 5.69 Å². The highest BCUT2D eigenvalue weighted by Crippen LogP contribution is 2.40. The largest absolute Gasteiger partial charge is 0.328 e. The SMILES string of the molecule is CCC(CC(N1C(=O)CCc2ccccc21)N1[C@H](C)CCC[C@@H]1C)C1CCC(N)C1. The molecule has 4 heteroatoms. The fourth-order valence-corrected chi connectivity index (χ4v) is 6.61. The van der Waals surface area contributed by atoms with Crippen LogP contribution in [-0.4, -0.2) is 35.1 Å². The summed E-state index contributed by atoms with van der Waals surface area (Å²) in [6.45, 7) is 7.07. The van der Waals surface area contributed by atoms with Crippen molar-refractivity contribution in [1.29, 1.82) is 0 Å². The summed E-state index contributed by atoms with van der Waals surface area (Å²) >= 11 is 0. The van der Waals surface area contributed by atoms with Crippen molar-refractivity contribution >= 4 is 11.6 Å². The first kappa shape index (κ1) is 21.8. The number of nitrogens with two attached hydrogens (primary N) is 1. The minimum Gasteiger partial charge on any atom is -0.328 e. The van der Waals surface area contributed by atoms with Gasteiger partial charge < -0.3 is 5.73 Å². The Bertz CT molecular complexity index is 725. The van der Waals surface area contributed by atoms with Crippen LogP contribution in [0.1, 0.15) is 84.1 Å². The molecule has 3 aliphatic rings. The van der Waals surface area contributed by atoms with E-state index in [4.69, 9.17) is 5.73 Å². The molecule has 1 aromatic rings. The van der Waals surface area contributed by atoms with Gasteiger partial charge in [-0.1, -0.05) is 38.0 Å². The van der Waals surface area contributed by atoms with Crippen molar-refractivity contribution in [3.8, 4) is 0 Å². The Labute approximate surface area is 183 Å². The van der Waals surface area contributed by atoms with Crippen molar-refractivity contribution in [3.05, 3.63) is 29.8 Å². The van der Waals surface area contributed by atoms with E-state index in [0.717, 1.165) is 31.4 Å². The number of anilines is 1. The summed E-state index contributed by atoms with van der Waals surface area (Å²) < 4.78 is 0. The van der Waals surface area contributed by atoms with Gasteiger partial charge in [0, 0.05) is 30.2 Å². The second-order valence-electron chi connectivity index (χ2n) is 10.2. The third kappa shape index (κ3) is 4.31. The molecule has 2 heterocycles. The third-order valence-electron chi connectivity index (χ3n) is 8.25. The minimum absolute atomic E-state index is 0.158. The lowest BCUT2D eigenvalue weighted by Gasteiger charge is -2.50. The molecule has 6 atom stereocenters. The molecule has 2 N–H and O–H groups in total. The Morgan fingerprint density at radius 3 is 2.47 bits per heavy atom. The summed E-state index contributed by atoms with van der Waals surface area (Å²) in [5.41, 5.74) is 8.77. The molecule has 30 heavy (non-hydrogen) atoms. The van der Waals surface area contributed by atoms with Gasteiger partial charge in [0.1, 0.15) is 0 Å². The van der Waals surface area contributed by atoms with Crippen LogP contribution in [0.25, 0.3) is 0 Å². The van der Waals surface area contributed by atoms with Gasteiger partial charge in [-0.25, -0.2) is 0 Å². The normalized spacial score (nSPS) is 32.1. The molecule has 4 nitrogen and oxygen atoms in total. The van der Waals surface area contributed by atoms with Crippen LogP contribution in [0.5, 0.6) is 0 Å². The summed E-state index contributed by atoms with van der Waals surface area (Å²) in [5.74, 6) is 1.64. The van der Waals surface area contributed by atoms with Gasteiger partial charge >= 0.3 is 0 Å². The zero-order valence-corrected chi connectivity index (χ0v) is 19.2. The summed E-state index contributed by atoms with van der Waals surface area (Å²) in [7, 11) is 0. The zero-order valence-electron chi connectivity index (χ0n) is 19.2. The number of aryl methyl sites for hydroxylation is 1. The number of carbonyl (C=O) groups is 1. The van der Waals surface area contributed by atoms with E-state index < -0.39 is 0 Å². The minimum atomic E-state index is 0.158. The fraction of sp³-hybridized carbons (Fsp3) is 0.731. The van der Waals surface area contributed by atoms with E-state index in [9.17, 15) is 4.79 Å². The molecule has 1 aliphatic carbocycles. The molecular formula is C26H41N3O. The average Bonchev–Trinajstić information content (AvgIpc) is 3.16. The number of para-hydroxylation sites is 1. The average molecular weight is 412 g/mol. The fourth-order valence-electron chi connectivity index (χ4n) is 6.61. The van der Waals surface area contributed by atoms with Crippen molar-refractivity contribution in [2.45, 2.75) is 109 Å². The molecule has 0 radical (unpaired) electrons. The van der Waals surface area contributed by atoms with Gasteiger partial charge in [0.25, 0.3) is 0 Å². The van der Waals surface area contributed by atoms with Crippen molar-refractivity contribution in [3.63, 3.8) is 0 Å².